The zero-order valence-electron chi connectivity index (χ0n) is 17.4. The number of morpholine rings is 1. The molecule has 0 spiro atoms. The third-order valence-corrected chi connectivity index (χ3v) is 6.19. The highest BCUT2D eigenvalue weighted by Crippen LogP contribution is 2.52. The normalized spacial score (nSPS) is 22.4. The highest BCUT2D eigenvalue weighted by Gasteiger charge is 2.61. The number of aryl methyl sites for hydroxylation is 1. The van der Waals surface area contributed by atoms with Crippen molar-refractivity contribution in [1.82, 2.24) is 14.4 Å². The van der Waals surface area contributed by atoms with Gasteiger partial charge in [-0.2, -0.15) is 0 Å². The van der Waals surface area contributed by atoms with Crippen LogP contribution in [0.15, 0.2) is 29.2 Å². The quantitative estimate of drug-likeness (QED) is 0.574. The van der Waals surface area contributed by atoms with Crippen LogP contribution in [-0.4, -0.2) is 46.1 Å². The lowest BCUT2D eigenvalue weighted by Crippen LogP contribution is -2.45. The highest BCUT2D eigenvalue weighted by atomic mass is 19.3. The Hall–Kier alpha value is -3.01. The summed E-state index contributed by atoms with van der Waals surface area (Å²) < 4.78 is 62.1. The van der Waals surface area contributed by atoms with Crippen LogP contribution in [0.1, 0.15) is 17.7 Å². The van der Waals surface area contributed by atoms with Crippen LogP contribution in [0.2, 0.25) is 0 Å². The van der Waals surface area contributed by atoms with Crippen LogP contribution >= 0.6 is 0 Å². The molecule has 1 aliphatic carbocycles. The maximum atomic E-state index is 14.7. The van der Waals surface area contributed by atoms with Gasteiger partial charge >= 0.3 is 0 Å². The molecule has 5 rings (SSSR count). The molecule has 0 N–H and O–H groups in total. The molecule has 2 atom stereocenters. The number of benzene rings is 1. The molecule has 3 heterocycles. The van der Waals surface area contributed by atoms with Crippen LogP contribution in [0, 0.1) is 31.4 Å². The van der Waals surface area contributed by atoms with Crippen LogP contribution in [0.25, 0.3) is 16.9 Å². The molecule has 32 heavy (non-hydrogen) atoms. The number of hydrogen-bond acceptors (Lipinski definition) is 5. The molecule has 0 amide bonds. The predicted octanol–water partition coefficient (Wildman–Crippen LogP) is 3.51. The fourth-order valence-electron chi connectivity index (χ4n) is 4.10. The molecule has 3 aromatic rings. The first-order chi connectivity index (χ1) is 15.2. The molecular weight excluding hydrogens is 428 g/mol. The van der Waals surface area contributed by atoms with Gasteiger partial charge in [-0.1, -0.05) is 0 Å². The number of aromatic nitrogens is 3. The van der Waals surface area contributed by atoms with E-state index in [1.165, 1.54) is 16.7 Å². The zero-order valence-corrected chi connectivity index (χ0v) is 17.4. The van der Waals surface area contributed by atoms with Gasteiger partial charge in [-0.05, 0) is 26.0 Å². The Kier molecular flexibility index (Phi) is 4.74. The molecule has 1 saturated carbocycles. The summed E-state index contributed by atoms with van der Waals surface area (Å²) in [4.78, 5) is 23.7. The smallest absolute Gasteiger partial charge is 0.261 e. The molecule has 2 aliphatic rings. The standard InChI is InChI=1S/C22H20F4N4O2/c1-11-12(2)27-20-19(14-4-3-13(23)7-16(14)24)28-18(10-30(20)21(11)31)29-5-6-32-17(9-29)15-8-22(15,25)26/h3-4,7,10,15,17H,5-6,8-9H2,1-2H3. The van der Waals surface area contributed by atoms with Gasteiger partial charge in [0, 0.05) is 42.4 Å². The first-order valence-corrected chi connectivity index (χ1v) is 10.3. The number of alkyl halides is 2. The largest absolute Gasteiger partial charge is 0.374 e. The number of anilines is 1. The number of ether oxygens (including phenoxy) is 1. The average Bonchev–Trinajstić information content (AvgIpc) is 3.40. The van der Waals surface area contributed by atoms with Crippen molar-refractivity contribution in [2.45, 2.75) is 32.3 Å². The van der Waals surface area contributed by atoms with Gasteiger partial charge < -0.3 is 9.64 Å². The van der Waals surface area contributed by atoms with E-state index in [-0.39, 0.29) is 42.0 Å². The maximum absolute atomic E-state index is 14.7. The van der Waals surface area contributed by atoms with E-state index in [1.807, 2.05) is 0 Å². The summed E-state index contributed by atoms with van der Waals surface area (Å²) >= 11 is 0. The van der Waals surface area contributed by atoms with E-state index in [9.17, 15) is 22.4 Å². The van der Waals surface area contributed by atoms with E-state index in [1.54, 1.807) is 18.7 Å². The van der Waals surface area contributed by atoms with Gasteiger partial charge in [-0.3, -0.25) is 9.20 Å². The lowest BCUT2D eigenvalue weighted by atomic mass is 10.1. The molecule has 2 aromatic heterocycles. The van der Waals surface area contributed by atoms with Gasteiger partial charge in [0.15, 0.2) is 5.65 Å². The summed E-state index contributed by atoms with van der Waals surface area (Å²) in [5.74, 6) is -4.87. The Bertz CT molecular complexity index is 1290. The Morgan fingerprint density at radius 2 is 1.94 bits per heavy atom. The van der Waals surface area contributed by atoms with Gasteiger partial charge in [0.05, 0.1) is 24.8 Å². The third kappa shape index (κ3) is 3.42. The lowest BCUT2D eigenvalue weighted by Gasteiger charge is -2.34. The summed E-state index contributed by atoms with van der Waals surface area (Å²) in [6.07, 6.45) is 0.594. The minimum absolute atomic E-state index is 0.0144. The van der Waals surface area contributed by atoms with Crippen molar-refractivity contribution in [3.8, 4) is 11.3 Å². The summed E-state index contributed by atoms with van der Waals surface area (Å²) in [6.45, 7) is 4.05. The van der Waals surface area contributed by atoms with E-state index in [0.717, 1.165) is 12.1 Å². The van der Waals surface area contributed by atoms with Crippen molar-refractivity contribution < 1.29 is 22.3 Å². The third-order valence-electron chi connectivity index (χ3n) is 6.19. The fraction of sp³-hybridized carbons (Fsp3) is 0.409. The molecule has 0 bridgehead atoms. The first kappa shape index (κ1) is 20.9. The SMILES string of the molecule is Cc1nc2c(-c3ccc(F)cc3F)nc(N3CCOC(C4CC4(F)F)C3)cn2c(=O)c1C. The van der Waals surface area contributed by atoms with Gasteiger partial charge in [0.1, 0.15) is 23.1 Å². The van der Waals surface area contributed by atoms with Crippen LogP contribution in [0.4, 0.5) is 23.4 Å². The second kappa shape index (κ2) is 7.26. The predicted molar refractivity (Wildman–Crippen MR) is 109 cm³/mol. The molecule has 1 aromatic carbocycles. The molecule has 2 unspecified atom stereocenters. The summed E-state index contributed by atoms with van der Waals surface area (Å²) in [5.41, 5.74) is 0.724. The van der Waals surface area contributed by atoms with Crippen molar-refractivity contribution >= 4 is 11.5 Å². The van der Waals surface area contributed by atoms with Gasteiger partial charge in [-0.15, -0.1) is 0 Å². The minimum Gasteiger partial charge on any atom is -0.374 e. The van der Waals surface area contributed by atoms with Crippen molar-refractivity contribution in [3.63, 3.8) is 0 Å². The van der Waals surface area contributed by atoms with Crippen molar-refractivity contribution in [3.05, 3.63) is 57.6 Å². The van der Waals surface area contributed by atoms with E-state index >= 15 is 0 Å². The van der Waals surface area contributed by atoms with Crippen LogP contribution in [0.3, 0.4) is 0 Å². The second-order valence-corrected chi connectivity index (χ2v) is 8.32. The molecule has 0 radical (unpaired) electrons. The Morgan fingerprint density at radius 3 is 2.62 bits per heavy atom. The van der Waals surface area contributed by atoms with E-state index in [0.29, 0.717) is 23.6 Å². The molecular formula is C22H20F4N4O2. The summed E-state index contributed by atoms with van der Waals surface area (Å²) in [5, 5.41) is 0. The van der Waals surface area contributed by atoms with Crippen molar-refractivity contribution in [2.75, 3.05) is 24.6 Å². The number of halogens is 4. The Morgan fingerprint density at radius 1 is 1.19 bits per heavy atom. The Labute approximate surface area is 180 Å². The van der Waals surface area contributed by atoms with Crippen LogP contribution in [0.5, 0.6) is 0 Å². The summed E-state index contributed by atoms with van der Waals surface area (Å²) in [6, 6.07) is 3.08. The number of nitrogens with zero attached hydrogens (tertiary/aromatic N) is 4. The Balaban J connectivity index is 1.66. The monoisotopic (exact) mass is 448 g/mol. The molecule has 10 heteroatoms. The van der Waals surface area contributed by atoms with Gasteiger partial charge in [-0.25, -0.2) is 27.5 Å². The van der Waals surface area contributed by atoms with E-state index in [2.05, 4.69) is 9.97 Å². The number of rotatable bonds is 3. The fourth-order valence-corrected chi connectivity index (χ4v) is 4.10. The summed E-state index contributed by atoms with van der Waals surface area (Å²) in [7, 11) is 0. The molecule has 1 saturated heterocycles. The van der Waals surface area contributed by atoms with Crippen molar-refractivity contribution in [1.29, 1.82) is 0 Å². The highest BCUT2D eigenvalue weighted by molar-refractivity contribution is 5.76. The number of hydrogen-bond donors (Lipinski definition) is 0. The number of fused-ring (bicyclic) bond motifs is 1. The van der Waals surface area contributed by atoms with Crippen LogP contribution < -0.4 is 10.5 Å². The molecule has 168 valence electrons. The molecule has 6 nitrogen and oxygen atoms in total. The van der Waals surface area contributed by atoms with Gasteiger partial charge in [0.2, 0.25) is 0 Å². The maximum Gasteiger partial charge on any atom is 0.261 e. The average molecular weight is 448 g/mol. The molecule has 2 fully saturated rings. The van der Waals surface area contributed by atoms with Crippen LogP contribution in [-0.2, 0) is 4.74 Å². The second-order valence-electron chi connectivity index (χ2n) is 8.32. The van der Waals surface area contributed by atoms with Crippen molar-refractivity contribution in [2.24, 2.45) is 5.92 Å². The topological polar surface area (TPSA) is 59.7 Å². The first-order valence-electron chi connectivity index (χ1n) is 10.3. The van der Waals surface area contributed by atoms with E-state index < -0.39 is 29.6 Å². The minimum atomic E-state index is -2.73. The lowest BCUT2D eigenvalue weighted by molar-refractivity contribution is -0.0103. The van der Waals surface area contributed by atoms with Gasteiger partial charge in [0.25, 0.3) is 11.5 Å². The zero-order chi connectivity index (χ0) is 22.8. The van der Waals surface area contributed by atoms with E-state index in [4.69, 9.17) is 4.74 Å². The molecule has 1 aliphatic heterocycles.